The summed E-state index contributed by atoms with van der Waals surface area (Å²) in [5, 5.41) is 0.217. The number of nitrogens with one attached hydrogen (secondary N) is 1. The van der Waals surface area contributed by atoms with E-state index >= 15 is 0 Å². The molecule has 0 amide bonds. The average Bonchev–Trinajstić information content (AvgIpc) is 2.55. The van der Waals surface area contributed by atoms with E-state index in [1.54, 1.807) is 0 Å². The molecule has 0 aromatic heterocycles. The van der Waals surface area contributed by atoms with Gasteiger partial charge in [-0.25, -0.2) is 4.99 Å². The lowest BCUT2D eigenvalue weighted by Gasteiger charge is -2.17. The van der Waals surface area contributed by atoms with Crippen molar-refractivity contribution in [3.8, 4) is 0 Å². The Morgan fingerprint density at radius 3 is 2.71 bits per heavy atom. The summed E-state index contributed by atoms with van der Waals surface area (Å²) in [6, 6.07) is 0. The van der Waals surface area contributed by atoms with Crippen molar-refractivity contribution in [2.75, 3.05) is 13.1 Å². The highest BCUT2D eigenvalue weighted by atomic mass is 35.5. The number of rotatable bonds is 5. The van der Waals surface area contributed by atoms with Crippen molar-refractivity contribution in [2.24, 2.45) is 4.99 Å². The van der Waals surface area contributed by atoms with Gasteiger partial charge in [0.05, 0.1) is 6.54 Å². The molecule has 0 fully saturated rings. The third-order valence-corrected chi connectivity index (χ3v) is 3.11. The second-order valence-electron chi connectivity index (χ2n) is 3.45. The summed E-state index contributed by atoms with van der Waals surface area (Å²) in [5.41, 5.74) is 0.0975. The van der Waals surface area contributed by atoms with Gasteiger partial charge in [-0.15, -0.1) is 11.6 Å². The maximum atomic E-state index is 6.20. The highest BCUT2D eigenvalue weighted by molar-refractivity contribution is 6.23. The standard InChI is InChI=1S/C9H16Cl2N2.ClH/c1-2-3-8(10)6-9(11)13-5-4-12-7-13;/h7-9H,2-6H2,1H3;1H. The van der Waals surface area contributed by atoms with Gasteiger partial charge in [0.15, 0.2) is 11.8 Å². The Hall–Kier alpha value is 0.500. The Labute approximate surface area is 102 Å². The molecule has 3 unspecified atom stereocenters. The third-order valence-electron chi connectivity index (χ3n) is 2.25. The Kier molecular flexibility index (Phi) is 8.02. The van der Waals surface area contributed by atoms with Crippen LogP contribution in [-0.4, -0.2) is 30.3 Å². The van der Waals surface area contributed by atoms with E-state index in [4.69, 9.17) is 23.2 Å². The van der Waals surface area contributed by atoms with Gasteiger partial charge < -0.3 is 12.4 Å². The highest BCUT2D eigenvalue weighted by Crippen LogP contribution is 2.12. The number of hydrogen-bond acceptors (Lipinski definition) is 1. The van der Waals surface area contributed by atoms with E-state index < -0.39 is 0 Å². The smallest absolute Gasteiger partial charge is 0.185 e. The maximum absolute atomic E-state index is 6.20. The molecule has 1 rings (SSSR count). The molecule has 0 bridgehead atoms. The first-order valence-electron chi connectivity index (χ1n) is 4.87. The van der Waals surface area contributed by atoms with Crippen molar-refractivity contribution in [1.82, 2.24) is 0 Å². The van der Waals surface area contributed by atoms with Gasteiger partial charge in [0.2, 0.25) is 0 Å². The fourth-order valence-corrected chi connectivity index (χ4v) is 2.35. The number of alkyl halides is 2. The first-order valence-corrected chi connectivity index (χ1v) is 5.75. The van der Waals surface area contributed by atoms with Crippen LogP contribution in [0.2, 0.25) is 0 Å². The molecule has 1 heterocycles. The summed E-state index contributed by atoms with van der Waals surface area (Å²) in [5.74, 6) is 0. The van der Waals surface area contributed by atoms with Gasteiger partial charge in [-0.2, -0.15) is 0 Å². The van der Waals surface area contributed by atoms with Crippen molar-refractivity contribution in [1.29, 1.82) is 0 Å². The van der Waals surface area contributed by atoms with Crippen molar-refractivity contribution in [2.45, 2.75) is 37.1 Å². The molecule has 1 aliphatic heterocycles. The van der Waals surface area contributed by atoms with Crippen LogP contribution < -0.4 is 17.3 Å². The molecule has 0 radical (unpaired) electrons. The predicted molar refractivity (Wildman–Crippen MR) is 58.0 cm³/mol. The number of aliphatic imine (C=N–C) groups is 1. The molecule has 1 aliphatic rings. The number of halogens is 3. The quantitative estimate of drug-likeness (QED) is 0.447. The van der Waals surface area contributed by atoms with E-state index in [-0.39, 0.29) is 23.3 Å². The molecule has 0 saturated carbocycles. The summed E-state index contributed by atoms with van der Waals surface area (Å²) in [4.78, 5) is 5.40. The van der Waals surface area contributed by atoms with Crippen LogP contribution in [-0.2, 0) is 0 Å². The molecule has 0 spiro atoms. The zero-order chi connectivity index (χ0) is 9.68. The van der Waals surface area contributed by atoms with E-state index in [2.05, 4.69) is 11.9 Å². The number of nitrogens with zero attached hydrogens (tertiary/aromatic N) is 1. The zero-order valence-corrected chi connectivity index (χ0v) is 10.6. The van der Waals surface area contributed by atoms with Gasteiger partial charge in [0, 0.05) is 11.8 Å². The summed E-state index contributed by atoms with van der Waals surface area (Å²) < 4.78 is 0. The zero-order valence-electron chi connectivity index (χ0n) is 8.35. The highest BCUT2D eigenvalue weighted by Gasteiger charge is 2.23. The molecule has 84 valence electrons. The summed E-state index contributed by atoms with van der Waals surface area (Å²) in [6.45, 7) is 4.06. The lowest BCUT2D eigenvalue weighted by molar-refractivity contribution is -0.805. The third kappa shape index (κ3) is 4.83. The maximum Gasteiger partial charge on any atom is 0.185 e. The Morgan fingerprint density at radius 2 is 2.21 bits per heavy atom. The summed E-state index contributed by atoms with van der Waals surface area (Å²) >= 11 is 12.3. The van der Waals surface area contributed by atoms with Gasteiger partial charge in [-0.1, -0.05) is 24.9 Å². The van der Waals surface area contributed by atoms with E-state index in [0.29, 0.717) is 0 Å². The van der Waals surface area contributed by atoms with Gasteiger partial charge in [-0.05, 0) is 6.42 Å². The fraction of sp³-hybridized carbons (Fsp3) is 0.889. The minimum absolute atomic E-state index is 0. The molecule has 3 atom stereocenters. The van der Waals surface area contributed by atoms with Crippen LogP contribution in [0.25, 0.3) is 0 Å². The fourth-order valence-electron chi connectivity index (χ4n) is 1.48. The minimum Gasteiger partial charge on any atom is -1.00 e. The molecular formula is C9H17Cl3N2. The van der Waals surface area contributed by atoms with Gasteiger partial charge in [0.1, 0.15) is 6.54 Å². The molecule has 1 N–H and O–H groups in total. The van der Waals surface area contributed by atoms with Crippen LogP contribution >= 0.6 is 23.2 Å². The van der Waals surface area contributed by atoms with Crippen LogP contribution in [0, 0.1) is 0 Å². The first kappa shape index (κ1) is 14.5. The van der Waals surface area contributed by atoms with Crippen molar-refractivity contribution in [3.05, 3.63) is 0 Å². The number of hydrogen-bond donors (Lipinski definition) is 1. The first-order chi connectivity index (χ1) is 6.24. The molecule has 0 saturated heterocycles. The van der Waals surface area contributed by atoms with E-state index in [9.17, 15) is 0 Å². The number of quaternary nitrogens is 1. The van der Waals surface area contributed by atoms with Crippen LogP contribution in [0.5, 0.6) is 0 Å². The van der Waals surface area contributed by atoms with Crippen LogP contribution in [0.15, 0.2) is 4.99 Å². The molecule has 5 heteroatoms. The second-order valence-corrected chi connectivity index (χ2v) is 4.59. The SMILES string of the molecule is CCCC(Cl)CC(Cl)[NH+]1C=NCC1.[Cl-]. The second kappa shape index (κ2) is 7.75. The van der Waals surface area contributed by atoms with Crippen LogP contribution in [0.1, 0.15) is 26.2 Å². The summed E-state index contributed by atoms with van der Waals surface area (Å²) in [7, 11) is 0. The average molecular weight is 260 g/mol. The van der Waals surface area contributed by atoms with E-state index in [1.165, 1.54) is 4.90 Å². The Bertz CT molecular complexity index is 175. The lowest BCUT2D eigenvalue weighted by Crippen LogP contribution is -3.13. The molecule has 2 nitrogen and oxygen atoms in total. The summed E-state index contributed by atoms with van der Waals surface area (Å²) in [6.07, 6.45) is 4.96. The normalized spacial score (nSPS) is 24.4. The van der Waals surface area contributed by atoms with Gasteiger partial charge >= 0.3 is 0 Å². The Morgan fingerprint density at radius 1 is 1.50 bits per heavy atom. The lowest BCUT2D eigenvalue weighted by atomic mass is 10.2. The molecule has 0 aliphatic carbocycles. The van der Waals surface area contributed by atoms with Crippen molar-refractivity contribution < 1.29 is 17.3 Å². The predicted octanol–water partition coefficient (Wildman–Crippen LogP) is -1.72. The van der Waals surface area contributed by atoms with Gasteiger partial charge in [-0.3, -0.25) is 4.90 Å². The van der Waals surface area contributed by atoms with Crippen molar-refractivity contribution in [3.63, 3.8) is 0 Å². The van der Waals surface area contributed by atoms with Crippen LogP contribution in [0.3, 0.4) is 0 Å². The largest absolute Gasteiger partial charge is 1.00 e. The molecule has 0 aromatic rings. The molecule has 14 heavy (non-hydrogen) atoms. The van der Waals surface area contributed by atoms with E-state index in [1.807, 2.05) is 6.34 Å². The monoisotopic (exact) mass is 258 g/mol. The Balaban J connectivity index is 0.00000169. The molecular weight excluding hydrogens is 242 g/mol. The van der Waals surface area contributed by atoms with Crippen LogP contribution in [0.4, 0.5) is 0 Å². The molecule has 0 aromatic carbocycles. The van der Waals surface area contributed by atoms with Crippen molar-refractivity contribution >= 4 is 29.5 Å². The minimum atomic E-state index is 0. The topological polar surface area (TPSA) is 16.8 Å². The van der Waals surface area contributed by atoms with E-state index in [0.717, 1.165) is 32.4 Å². The van der Waals surface area contributed by atoms with Gasteiger partial charge in [0.25, 0.3) is 0 Å².